The average molecular weight is 407 g/mol. The van der Waals surface area contributed by atoms with E-state index in [1.807, 2.05) is 0 Å². The third kappa shape index (κ3) is 3.52. The monoisotopic (exact) mass is 407 g/mol. The summed E-state index contributed by atoms with van der Waals surface area (Å²) in [6, 6.07) is 11.4. The van der Waals surface area contributed by atoms with Crippen LogP contribution in [0.4, 0.5) is 0 Å². The molecule has 0 N–H and O–H groups in total. The zero-order valence-electron chi connectivity index (χ0n) is 16.2. The van der Waals surface area contributed by atoms with Gasteiger partial charge in [0.05, 0.1) is 24.8 Å². The number of amides is 2. The summed E-state index contributed by atoms with van der Waals surface area (Å²) < 4.78 is 15.6. The van der Waals surface area contributed by atoms with E-state index >= 15 is 0 Å². The van der Waals surface area contributed by atoms with E-state index in [0.29, 0.717) is 28.3 Å². The number of nitrogens with zero attached hydrogens (tertiary/aromatic N) is 3. The van der Waals surface area contributed by atoms with Gasteiger partial charge in [0.15, 0.2) is 6.61 Å². The third-order valence-corrected chi connectivity index (χ3v) is 4.60. The summed E-state index contributed by atoms with van der Waals surface area (Å²) in [5, 5.41) is 7.44. The minimum atomic E-state index is -0.660. The van der Waals surface area contributed by atoms with Crippen molar-refractivity contribution in [3.63, 3.8) is 0 Å². The number of benzene rings is 2. The Hall–Kier alpha value is -4.01. The summed E-state index contributed by atoms with van der Waals surface area (Å²) in [5.74, 6) is -0.576. The van der Waals surface area contributed by atoms with Gasteiger partial charge in [0, 0.05) is 6.92 Å². The predicted octanol–water partition coefficient (Wildman–Crippen LogP) is 2.54. The Bertz CT molecular complexity index is 1120. The lowest BCUT2D eigenvalue weighted by Gasteiger charge is -2.15. The molecule has 0 fully saturated rings. The van der Waals surface area contributed by atoms with Crippen LogP contribution in [0.1, 0.15) is 48.4 Å². The first kappa shape index (κ1) is 19.3. The van der Waals surface area contributed by atoms with Crippen molar-refractivity contribution in [3.8, 4) is 5.75 Å². The molecular weight excluding hydrogens is 390 g/mol. The van der Waals surface area contributed by atoms with Crippen LogP contribution in [0.5, 0.6) is 5.75 Å². The van der Waals surface area contributed by atoms with Gasteiger partial charge in [-0.25, -0.2) is 4.79 Å². The van der Waals surface area contributed by atoms with Crippen LogP contribution in [0.15, 0.2) is 46.9 Å². The van der Waals surface area contributed by atoms with E-state index in [1.165, 1.54) is 13.2 Å². The topological polar surface area (TPSA) is 112 Å². The van der Waals surface area contributed by atoms with Gasteiger partial charge >= 0.3 is 5.97 Å². The molecule has 1 aromatic heterocycles. The van der Waals surface area contributed by atoms with E-state index in [2.05, 4.69) is 10.2 Å². The van der Waals surface area contributed by atoms with Crippen LogP contribution in [0.25, 0.3) is 0 Å². The Balaban J connectivity index is 1.53. The fraction of sp³-hybridized carbons (Fsp3) is 0.190. The lowest BCUT2D eigenvalue weighted by molar-refractivity contribution is 0.0433. The second-order valence-electron chi connectivity index (χ2n) is 6.57. The van der Waals surface area contributed by atoms with Gasteiger partial charge in [0.2, 0.25) is 5.89 Å². The van der Waals surface area contributed by atoms with Crippen LogP contribution >= 0.6 is 0 Å². The van der Waals surface area contributed by atoms with E-state index in [-0.39, 0.29) is 36.4 Å². The molecule has 0 aliphatic carbocycles. The van der Waals surface area contributed by atoms with Crippen LogP contribution in [0.3, 0.4) is 0 Å². The minimum Gasteiger partial charge on any atom is -0.496 e. The fourth-order valence-corrected chi connectivity index (χ4v) is 3.18. The highest BCUT2D eigenvalue weighted by molar-refractivity contribution is 6.21. The quantitative estimate of drug-likeness (QED) is 0.453. The molecule has 30 heavy (non-hydrogen) atoms. The van der Waals surface area contributed by atoms with Gasteiger partial charge in [0.1, 0.15) is 11.3 Å². The number of ether oxygens (including phenoxy) is 2. The first-order valence-electron chi connectivity index (χ1n) is 9.06. The molecule has 0 atom stereocenters. The Kier molecular flexibility index (Phi) is 5.01. The number of carbonyl (C=O) groups excluding carboxylic acids is 3. The van der Waals surface area contributed by atoms with Crippen molar-refractivity contribution in [1.82, 2.24) is 15.1 Å². The first-order valence-corrected chi connectivity index (χ1v) is 9.06. The molecule has 2 heterocycles. The van der Waals surface area contributed by atoms with Gasteiger partial charge in [-0.2, -0.15) is 0 Å². The molecule has 2 aromatic carbocycles. The largest absolute Gasteiger partial charge is 0.496 e. The van der Waals surface area contributed by atoms with E-state index in [9.17, 15) is 14.4 Å². The molecule has 1 aliphatic rings. The maximum absolute atomic E-state index is 12.6. The number of rotatable bonds is 6. The van der Waals surface area contributed by atoms with Crippen LogP contribution < -0.4 is 4.74 Å². The number of methoxy groups -OCH3 is 1. The Labute approximate surface area is 171 Å². The standard InChI is InChI=1S/C21H17N3O6/c1-12-22-23-18(30-12)11-29-21(27)16-9-13(7-8-17(16)28-2)10-24-19(25)14-5-3-4-6-15(14)20(24)26/h3-9H,10-11H2,1-2H3. The zero-order chi connectivity index (χ0) is 21.3. The smallest absolute Gasteiger partial charge is 0.342 e. The van der Waals surface area contributed by atoms with Gasteiger partial charge < -0.3 is 13.9 Å². The van der Waals surface area contributed by atoms with Crippen molar-refractivity contribution >= 4 is 17.8 Å². The van der Waals surface area contributed by atoms with Gasteiger partial charge in [-0.15, -0.1) is 10.2 Å². The molecule has 9 heteroatoms. The Morgan fingerprint density at radius 3 is 2.37 bits per heavy atom. The van der Waals surface area contributed by atoms with Gasteiger partial charge in [0.25, 0.3) is 17.7 Å². The third-order valence-electron chi connectivity index (χ3n) is 4.60. The second kappa shape index (κ2) is 7.78. The number of esters is 1. The lowest BCUT2D eigenvalue weighted by atomic mass is 10.1. The van der Waals surface area contributed by atoms with Crippen LogP contribution in [-0.4, -0.2) is 40.0 Å². The van der Waals surface area contributed by atoms with Gasteiger partial charge in [-0.05, 0) is 29.8 Å². The summed E-state index contributed by atoms with van der Waals surface area (Å²) >= 11 is 0. The maximum atomic E-state index is 12.6. The maximum Gasteiger partial charge on any atom is 0.342 e. The van der Waals surface area contributed by atoms with E-state index < -0.39 is 5.97 Å². The van der Waals surface area contributed by atoms with Crippen molar-refractivity contribution < 1.29 is 28.3 Å². The summed E-state index contributed by atoms with van der Waals surface area (Å²) in [6.07, 6.45) is 0. The SMILES string of the molecule is COc1ccc(CN2C(=O)c3ccccc3C2=O)cc1C(=O)OCc1nnc(C)o1. The normalized spacial score (nSPS) is 12.8. The van der Waals surface area contributed by atoms with Crippen molar-refractivity contribution in [2.75, 3.05) is 7.11 Å². The number of aromatic nitrogens is 2. The van der Waals surface area contributed by atoms with Crippen LogP contribution in [0, 0.1) is 6.92 Å². The number of hydrogen-bond acceptors (Lipinski definition) is 8. The highest BCUT2D eigenvalue weighted by Crippen LogP contribution is 2.27. The van der Waals surface area contributed by atoms with Crippen molar-refractivity contribution in [2.24, 2.45) is 0 Å². The molecule has 0 saturated heterocycles. The van der Waals surface area contributed by atoms with Crippen molar-refractivity contribution in [2.45, 2.75) is 20.1 Å². The summed E-state index contributed by atoms with van der Waals surface area (Å²) in [7, 11) is 1.43. The average Bonchev–Trinajstić information content (AvgIpc) is 3.28. The molecule has 152 valence electrons. The highest BCUT2D eigenvalue weighted by atomic mass is 16.5. The molecule has 0 spiro atoms. The summed E-state index contributed by atoms with van der Waals surface area (Å²) in [6.45, 7) is 1.45. The number of carbonyl (C=O) groups is 3. The second-order valence-corrected chi connectivity index (χ2v) is 6.57. The Morgan fingerprint density at radius 2 is 1.77 bits per heavy atom. The molecule has 3 aromatic rings. The van der Waals surface area contributed by atoms with Gasteiger partial charge in [-0.1, -0.05) is 18.2 Å². The first-order chi connectivity index (χ1) is 14.5. The lowest BCUT2D eigenvalue weighted by Crippen LogP contribution is -2.29. The van der Waals surface area contributed by atoms with E-state index in [0.717, 1.165) is 4.90 Å². The molecule has 4 rings (SSSR count). The molecular formula is C21H17N3O6. The molecule has 0 unspecified atom stereocenters. The molecule has 0 radical (unpaired) electrons. The van der Waals surface area contributed by atoms with E-state index in [1.54, 1.807) is 43.3 Å². The molecule has 0 saturated carbocycles. The summed E-state index contributed by atoms with van der Waals surface area (Å²) in [4.78, 5) is 38.9. The fourth-order valence-electron chi connectivity index (χ4n) is 3.18. The molecule has 1 aliphatic heterocycles. The number of hydrogen-bond donors (Lipinski definition) is 0. The number of imide groups is 1. The highest BCUT2D eigenvalue weighted by Gasteiger charge is 2.35. The zero-order valence-corrected chi connectivity index (χ0v) is 16.2. The number of fused-ring (bicyclic) bond motifs is 1. The van der Waals surface area contributed by atoms with Crippen molar-refractivity contribution in [3.05, 3.63) is 76.5 Å². The summed E-state index contributed by atoms with van der Waals surface area (Å²) in [5.41, 5.74) is 1.46. The molecule has 0 bridgehead atoms. The van der Waals surface area contributed by atoms with Crippen molar-refractivity contribution in [1.29, 1.82) is 0 Å². The predicted molar refractivity (Wildman–Crippen MR) is 102 cm³/mol. The van der Waals surface area contributed by atoms with Crippen LogP contribution in [0.2, 0.25) is 0 Å². The Morgan fingerprint density at radius 1 is 1.07 bits per heavy atom. The molecule has 9 nitrogen and oxygen atoms in total. The van der Waals surface area contributed by atoms with Gasteiger partial charge in [-0.3, -0.25) is 14.5 Å². The minimum absolute atomic E-state index is 0.0134. The van der Waals surface area contributed by atoms with Crippen LogP contribution in [-0.2, 0) is 17.9 Å². The number of aryl methyl sites for hydroxylation is 1. The van der Waals surface area contributed by atoms with E-state index in [4.69, 9.17) is 13.9 Å². The molecule has 2 amide bonds.